The maximum Gasteiger partial charge on any atom is -0.0167 e. The molecule has 0 amide bonds. The third-order valence-electron chi connectivity index (χ3n) is 4.26. The van der Waals surface area contributed by atoms with Crippen LogP contribution in [0.4, 0.5) is 0 Å². The molecule has 0 aromatic carbocycles. The van der Waals surface area contributed by atoms with Crippen molar-refractivity contribution in [1.29, 1.82) is 0 Å². The van der Waals surface area contributed by atoms with Crippen LogP contribution in [0.5, 0.6) is 0 Å². The predicted molar refractivity (Wildman–Crippen MR) is 119 cm³/mol. The molecule has 2 heteroatoms. The quantitative estimate of drug-likeness (QED) is 0.213. The molecule has 0 spiro atoms. The van der Waals surface area contributed by atoms with Gasteiger partial charge in [-0.15, -0.1) is 6.58 Å². The first-order chi connectivity index (χ1) is 12.3. The summed E-state index contributed by atoms with van der Waals surface area (Å²) in [5.41, 5.74) is 4.50. The summed E-state index contributed by atoms with van der Waals surface area (Å²) in [4.78, 5) is 0. The zero-order chi connectivity index (χ0) is 19.4. The molecule has 3 N–H and O–H groups in total. The lowest BCUT2D eigenvalue weighted by Gasteiger charge is -2.03. The van der Waals surface area contributed by atoms with Gasteiger partial charge in [0.05, 0.1) is 0 Å². The Labute approximate surface area is 161 Å². The van der Waals surface area contributed by atoms with E-state index in [9.17, 15) is 0 Å². The Morgan fingerprint density at radius 1 is 0.600 bits per heavy atom. The molecule has 0 atom stereocenters. The number of allylic oxidation sites excluding steroid dienone is 1. The van der Waals surface area contributed by atoms with Gasteiger partial charge in [0.2, 0.25) is 0 Å². The minimum absolute atomic E-state index is 1.21. The molecule has 0 aliphatic carbocycles. The van der Waals surface area contributed by atoms with Crippen LogP contribution in [-0.2, 0) is 0 Å². The van der Waals surface area contributed by atoms with Gasteiger partial charge in [0.1, 0.15) is 0 Å². The van der Waals surface area contributed by atoms with E-state index in [1.165, 1.54) is 116 Å². The summed E-state index contributed by atoms with van der Waals surface area (Å²) in [6.07, 6.45) is 26.4. The van der Waals surface area contributed by atoms with Gasteiger partial charge in [-0.3, -0.25) is 0 Å². The van der Waals surface area contributed by atoms with Crippen molar-refractivity contribution in [1.82, 2.24) is 5.32 Å². The average Bonchev–Trinajstić information content (AvgIpc) is 2.64. The normalized spacial score (nSPS) is 9.64. The van der Waals surface area contributed by atoms with E-state index >= 15 is 0 Å². The second-order valence-electron chi connectivity index (χ2n) is 6.88. The number of nitrogens with one attached hydrogen (secondary N) is 1. The van der Waals surface area contributed by atoms with Crippen molar-refractivity contribution in [2.24, 2.45) is 5.73 Å². The maximum atomic E-state index is 4.50. The molecule has 0 bridgehead atoms. The van der Waals surface area contributed by atoms with E-state index in [2.05, 4.69) is 24.6 Å². The molecule has 154 valence electrons. The van der Waals surface area contributed by atoms with Crippen LogP contribution in [-0.4, -0.2) is 21.1 Å². The van der Waals surface area contributed by atoms with Gasteiger partial charge in [0.15, 0.2) is 0 Å². The highest BCUT2D eigenvalue weighted by Crippen LogP contribution is 2.13. The summed E-state index contributed by atoms with van der Waals surface area (Å²) in [7, 11) is 5.25. The fraction of sp³-hybridized carbons (Fsp3) is 0.913. The molecule has 0 saturated heterocycles. The zero-order valence-corrected chi connectivity index (χ0v) is 18.4. The van der Waals surface area contributed by atoms with Crippen molar-refractivity contribution in [3.05, 3.63) is 12.7 Å². The lowest BCUT2D eigenvalue weighted by atomic mass is 10.0. The van der Waals surface area contributed by atoms with Gasteiger partial charge >= 0.3 is 0 Å². The predicted octanol–water partition coefficient (Wildman–Crippen LogP) is 7.23. The molecule has 0 heterocycles. The first-order valence-electron chi connectivity index (χ1n) is 11.1. The van der Waals surface area contributed by atoms with E-state index in [1.807, 2.05) is 20.2 Å². The lowest BCUT2D eigenvalue weighted by Crippen LogP contribution is -1.89. The third-order valence-corrected chi connectivity index (χ3v) is 4.26. The molecule has 0 radical (unpaired) electrons. The summed E-state index contributed by atoms with van der Waals surface area (Å²) in [5, 5.41) is 2.75. The summed E-state index contributed by atoms with van der Waals surface area (Å²) >= 11 is 0. The maximum absolute atomic E-state index is 4.50. The number of unbranched alkanes of at least 4 members (excludes halogenated alkanes) is 16. The van der Waals surface area contributed by atoms with Crippen LogP contribution in [0.25, 0.3) is 0 Å². The van der Waals surface area contributed by atoms with Crippen LogP contribution in [0.2, 0.25) is 0 Å². The largest absolute Gasteiger partial charge is 0.333 e. The van der Waals surface area contributed by atoms with Crippen molar-refractivity contribution in [2.45, 2.75) is 116 Å². The molecule has 0 aliphatic heterocycles. The molecule has 0 unspecified atom stereocenters. The van der Waals surface area contributed by atoms with Gasteiger partial charge in [-0.05, 0) is 34.0 Å². The zero-order valence-electron chi connectivity index (χ0n) is 18.4. The van der Waals surface area contributed by atoms with Gasteiger partial charge < -0.3 is 11.1 Å². The molecule has 0 aromatic rings. The molecule has 2 nitrogen and oxygen atoms in total. The second-order valence-corrected chi connectivity index (χ2v) is 6.88. The van der Waals surface area contributed by atoms with Gasteiger partial charge in [0, 0.05) is 0 Å². The average molecular weight is 357 g/mol. The Balaban J connectivity index is -0.000000866. The van der Waals surface area contributed by atoms with Gasteiger partial charge in [-0.2, -0.15) is 0 Å². The van der Waals surface area contributed by atoms with E-state index in [0.717, 1.165) is 0 Å². The fourth-order valence-electron chi connectivity index (χ4n) is 2.84. The molecule has 25 heavy (non-hydrogen) atoms. The topological polar surface area (TPSA) is 38.0 Å². The Hall–Kier alpha value is -0.340. The van der Waals surface area contributed by atoms with Crippen LogP contribution in [0.3, 0.4) is 0 Å². The van der Waals surface area contributed by atoms with Crippen LogP contribution in [0.15, 0.2) is 12.7 Å². The second kappa shape index (κ2) is 34.9. The van der Waals surface area contributed by atoms with E-state index in [-0.39, 0.29) is 0 Å². The summed E-state index contributed by atoms with van der Waals surface area (Å²) in [6, 6.07) is 0. The first kappa shape index (κ1) is 29.4. The van der Waals surface area contributed by atoms with Gasteiger partial charge in [-0.25, -0.2) is 0 Å². The molecule has 0 aromatic heterocycles. The van der Waals surface area contributed by atoms with E-state index in [0.29, 0.717) is 0 Å². The number of hydrogen-bond acceptors (Lipinski definition) is 2. The molecule has 0 rings (SSSR count). The van der Waals surface area contributed by atoms with Crippen LogP contribution in [0.1, 0.15) is 116 Å². The highest BCUT2D eigenvalue weighted by molar-refractivity contribution is 4.65. The minimum atomic E-state index is 1.21. The van der Waals surface area contributed by atoms with E-state index < -0.39 is 0 Å². The Bertz CT molecular complexity index is 193. The summed E-state index contributed by atoms with van der Waals surface area (Å²) in [5.74, 6) is 0. The van der Waals surface area contributed by atoms with E-state index in [1.54, 1.807) is 0 Å². The minimum Gasteiger partial charge on any atom is -0.333 e. The Morgan fingerprint density at radius 2 is 0.840 bits per heavy atom. The number of nitrogens with two attached hydrogens (primary N) is 1. The highest BCUT2D eigenvalue weighted by Gasteiger charge is 1.94. The molecular formula is C23H52N2. The van der Waals surface area contributed by atoms with Crippen LogP contribution >= 0.6 is 0 Å². The van der Waals surface area contributed by atoms with Crippen molar-refractivity contribution in [3.63, 3.8) is 0 Å². The number of hydrogen-bond donors (Lipinski definition) is 2. The van der Waals surface area contributed by atoms with Gasteiger partial charge in [0.25, 0.3) is 0 Å². The number of rotatable bonds is 17. The fourth-order valence-corrected chi connectivity index (χ4v) is 2.84. The monoisotopic (exact) mass is 356 g/mol. The van der Waals surface area contributed by atoms with Crippen molar-refractivity contribution in [2.75, 3.05) is 21.1 Å². The Morgan fingerprint density at radius 3 is 1.08 bits per heavy atom. The van der Waals surface area contributed by atoms with Gasteiger partial charge in [-0.1, -0.05) is 109 Å². The van der Waals surface area contributed by atoms with Crippen molar-refractivity contribution >= 4 is 0 Å². The van der Waals surface area contributed by atoms with E-state index in [4.69, 9.17) is 0 Å². The summed E-state index contributed by atoms with van der Waals surface area (Å²) in [6.45, 7) is 6.06. The van der Waals surface area contributed by atoms with Crippen molar-refractivity contribution < 1.29 is 0 Å². The summed E-state index contributed by atoms with van der Waals surface area (Å²) < 4.78 is 0. The SMILES string of the molecule is C=CCCCCCCCCCCCCCCCCCC.CN.CNC. The van der Waals surface area contributed by atoms with Crippen molar-refractivity contribution in [3.8, 4) is 0 Å². The molecule has 0 saturated carbocycles. The third kappa shape index (κ3) is 40.0. The molecular weight excluding hydrogens is 304 g/mol. The lowest BCUT2D eigenvalue weighted by molar-refractivity contribution is 0.530. The molecule has 0 aliphatic rings. The molecule has 0 fully saturated rings. The smallest absolute Gasteiger partial charge is 0.0167 e. The standard InChI is InChI=1S/C20H40.C2H7N.CH5N/c1-3-5-7-9-11-13-15-17-19-20-18-16-14-12-10-8-6-4-2;1-3-2;1-2/h3H,1,4-20H2,2H3;3H,1-2H3;2H2,1H3. The van der Waals surface area contributed by atoms with Crippen LogP contribution in [0, 0.1) is 0 Å². The first-order valence-corrected chi connectivity index (χ1v) is 11.1. The highest BCUT2D eigenvalue weighted by atomic mass is 14.7. The van der Waals surface area contributed by atoms with Crippen LogP contribution < -0.4 is 11.1 Å². The Kier molecular flexibility index (Phi) is 41.1.